The Bertz CT molecular complexity index is 970. The van der Waals surface area contributed by atoms with Gasteiger partial charge in [-0.15, -0.1) is 0 Å². The summed E-state index contributed by atoms with van der Waals surface area (Å²) < 4.78 is 52.8. The van der Waals surface area contributed by atoms with Gasteiger partial charge in [-0.2, -0.15) is 13.2 Å². The lowest BCUT2D eigenvalue weighted by Gasteiger charge is -2.20. The van der Waals surface area contributed by atoms with Gasteiger partial charge in [0.1, 0.15) is 17.2 Å². The maximum atomic E-state index is 14.3. The highest BCUT2D eigenvalue weighted by Crippen LogP contribution is 2.31. The van der Waals surface area contributed by atoms with Crippen LogP contribution in [-0.2, 0) is 6.18 Å². The first-order chi connectivity index (χ1) is 13.3. The van der Waals surface area contributed by atoms with Crippen LogP contribution in [0, 0.1) is 12.7 Å². The Morgan fingerprint density at radius 1 is 1.04 bits per heavy atom. The Balaban J connectivity index is 1.97. The van der Waals surface area contributed by atoms with Crippen molar-refractivity contribution in [2.24, 2.45) is 0 Å². The molecule has 0 saturated heterocycles. The van der Waals surface area contributed by atoms with Gasteiger partial charge < -0.3 is 5.32 Å². The predicted octanol–water partition coefficient (Wildman–Crippen LogP) is 4.46. The number of amides is 1. The van der Waals surface area contributed by atoms with Crippen molar-refractivity contribution >= 4 is 5.91 Å². The van der Waals surface area contributed by atoms with Crippen molar-refractivity contribution in [3.8, 4) is 0 Å². The number of nitrogens with one attached hydrogen (secondary N) is 1. The molecule has 1 unspecified atom stereocenters. The smallest absolute Gasteiger partial charge is 0.338 e. The minimum atomic E-state index is -4.50. The van der Waals surface area contributed by atoms with Crippen LogP contribution in [0.2, 0.25) is 0 Å². The number of halogens is 4. The van der Waals surface area contributed by atoms with Crippen molar-refractivity contribution in [2.75, 3.05) is 0 Å². The van der Waals surface area contributed by atoms with Crippen LogP contribution < -0.4 is 5.32 Å². The lowest BCUT2D eigenvalue weighted by molar-refractivity contribution is -0.137. The molecule has 4 nitrogen and oxygen atoms in total. The van der Waals surface area contributed by atoms with Gasteiger partial charge in [0.25, 0.3) is 5.91 Å². The van der Waals surface area contributed by atoms with Crippen molar-refractivity contribution in [3.05, 3.63) is 94.8 Å². The number of carbonyl (C=O) groups excluding carboxylic acids is 1. The second-order valence-corrected chi connectivity index (χ2v) is 6.12. The van der Waals surface area contributed by atoms with E-state index in [2.05, 4.69) is 15.3 Å². The molecule has 1 amide bonds. The van der Waals surface area contributed by atoms with E-state index >= 15 is 0 Å². The highest BCUT2D eigenvalue weighted by molar-refractivity contribution is 5.92. The SMILES string of the molecule is Cc1ccc(C(=O)NC(c2ccc(C(F)(F)F)cc2)c2ncccc2F)nc1. The van der Waals surface area contributed by atoms with Gasteiger partial charge in [-0.1, -0.05) is 18.2 Å². The van der Waals surface area contributed by atoms with E-state index in [0.717, 1.165) is 23.8 Å². The van der Waals surface area contributed by atoms with Gasteiger partial charge in [0.15, 0.2) is 0 Å². The highest BCUT2D eigenvalue weighted by atomic mass is 19.4. The monoisotopic (exact) mass is 389 g/mol. The Labute approximate surface area is 158 Å². The van der Waals surface area contributed by atoms with Crippen LogP contribution in [0.4, 0.5) is 17.6 Å². The number of hydrogen-bond donors (Lipinski definition) is 1. The van der Waals surface area contributed by atoms with Gasteiger partial charge >= 0.3 is 6.18 Å². The molecule has 1 N–H and O–H groups in total. The van der Waals surface area contributed by atoms with Gasteiger partial charge in [0, 0.05) is 12.4 Å². The molecule has 0 radical (unpaired) electrons. The van der Waals surface area contributed by atoms with Crippen molar-refractivity contribution in [2.45, 2.75) is 19.1 Å². The number of rotatable bonds is 4. The fourth-order valence-electron chi connectivity index (χ4n) is 2.59. The topological polar surface area (TPSA) is 54.9 Å². The first-order valence-electron chi connectivity index (χ1n) is 8.27. The van der Waals surface area contributed by atoms with Gasteiger partial charge in [0.2, 0.25) is 0 Å². The number of alkyl halides is 3. The van der Waals surface area contributed by atoms with Crippen molar-refractivity contribution < 1.29 is 22.4 Å². The molecule has 0 aliphatic rings. The molecule has 2 heterocycles. The number of carbonyl (C=O) groups is 1. The molecule has 3 rings (SSSR count). The van der Waals surface area contributed by atoms with E-state index in [-0.39, 0.29) is 17.0 Å². The fraction of sp³-hybridized carbons (Fsp3) is 0.150. The van der Waals surface area contributed by atoms with E-state index in [9.17, 15) is 22.4 Å². The number of hydrogen-bond acceptors (Lipinski definition) is 3. The summed E-state index contributed by atoms with van der Waals surface area (Å²) in [5.41, 5.74) is 0.252. The lowest BCUT2D eigenvalue weighted by Crippen LogP contribution is -2.31. The zero-order valence-corrected chi connectivity index (χ0v) is 14.7. The summed E-state index contributed by atoms with van der Waals surface area (Å²) in [4.78, 5) is 20.5. The molecule has 3 aromatic rings. The highest BCUT2D eigenvalue weighted by Gasteiger charge is 2.31. The van der Waals surface area contributed by atoms with E-state index in [1.807, 2.05) is 6.92 Å². The zero-order valence-electron chi connectivity index (χ0n) is 14.7. The average molecular weight is 389 g/mol. The lowest BCUT2D eigenvalue weighted by atomic mass is 10.0. The molecule has 2 aromatic heterocycles. The summed E-state index contributed by atoms with van der Waals surface area (Å²) in [6, 6.07) is 8.77. The summed E-state index contributed by atoms with van der Waals surface area (Å²) in [7, 11) is 0. The van der Waals surface area contributed by atoms with Crippen LogP contribution in [0.5, 0.6) is 0 Å². The number of aromatic nitrogens is 2. The van der Waals surface area contributed by atoms with Crippen LogP contribution in [0.25, 0.3) is 0 Å². The van der Waals surface area contributed by atoms with E-state index < -0.39 is 29.5 Å². The largest absolute Gasteiger partial charge is 0.416 e. The molecule has 1 atom stereocenters. The van der Waals surface area contributed by atoms with Crippen LogP contribution >= 0.6 is 0 Å². The summed E-state index contributed by atoms with van der Waals surface area (Å²) >= 11 is 0. The minimum absolute atomic E-state index is 0.0962. The van der Waals surface area contributed by atoms with Crippen LogP contribution in [0.3, 0.4) is 0 Å². The van der Waals surface area contributed by atoms with Crippen LogP contribution in [0.1, 0.15) is 38.9 Å². The molecule has 0 aliphatic carbocycles. The van der Waals surface area contributed by atoms with E-state index in [4.69, 9.17) is 0 Å². The maximum absolute atomic E-state index is 14.3. The van der Waals surface area contributed by atoms with Gasteiger partial charge in [-0.25, -0.2) is 4.39 Å². The molecule has 28 heavy (non-hydrogen) atoms. The molecule has 8 heteroatoms. The number of aryl methyl sites for hydroxylation is 1. The summed E-state index contributed by atoms with van der Waals surface area (Å²) in [6.45, 7) is 1.81. The summed E-state index contributed by atoms with van der Waals surface area (Å²) in [6.07, 6.45) is -1.66. The predicted molar refractivity (Wildman–Crippen MR) is 93.9 cm³/mol. The first-order valence-corrected chi connectivity index (χ1v) is 8.27. The number of nitrogens with zero attached hydrogens (tertiary/aromatic N) is 2. The third kappa shape index (κ3) is 4.33. The zero-order chi connectivity index (χ0) is 20.3. The Kier molecular flexibility index (Phi) is 5.39. The molecule has 0 bridgehead atoms. The maximum Gasteiger partial charge on any atom is 0.416 e. The average Bonchev–Trinajstić information content (AvgIpc) is 2.66. The summed E-state index contributed by atoms with van der Waals surface area (Å²) in [5.74, 6) is -1.29. The molecular formula is C20H15F4N3O. The second-order valence-electron chi connectivity index (χ2n) is 6.12. The Morgan fingerprint density at radius 2 is 1.75 bits per heavy atom. The summed E-state index contributed by atoms with van der Waals surface area (Å²) in [5, 5.41) is 2.60. The molecule has 1 aromatic carbocycles. The molecule has 0 spiro atoms. The molecule has 0 saturated carbocycles. The van der Waals surface area contributed by atoms with E-state index in [0.29, 0.717) is 0 Å². The normalized spacial score (nSPS) is 12.5. The third-order valence-corrected chi connectivity index (χ3v) is 4.05. The second kappa shape index (κ2) is 7.75. The Morgan fingerprint density at radius 3 is 2.32 bits per heavy atom. The molecule has 0 fully saturated rings. The molecular weight excluding hydrogens is 374 g/mol. The third-order valence-electron chi connectivity index (χ3n) is 4.05. The quantitative estimate of drug-likeness (QED) is 0.671. The van der Waals surface area contributed by atoms with Gasteiger partial charge in [-0.05, 0) is 48.4 Å². The number of benzene rings is 1. The van der Waals surface area contributed by atoms with Crippen LogP contribution in [0.15, 0.2) is 60.9 Å². The Hall–Kier alpha value is -3.29. The molecule has 0 aliphatic heterocycles. The fourth-order valence-corrected chi connectivity index (χ4v) is 2.59. The number of pyridine rings is 2. The van der Waals surface area contributed by atoms with Crippen molar-refractivity contribution in [1.29, 1.82) is 0 Å². The van der Waals surface area contributed by atoms with Crippen LogP contribution in [-0.4, -0.2) is 15.9 Å². The van der Waals surface area contributed by atoms with Gasteiger partial charge in [0.05, 0.1) is 11.6 Å². The minimum Gasteiger partial charge on any atom is -0.338 e. The van der Waals surface area contributed by atoms with E-state index in [1.165, 1.54) is 36.7 Å². The van der Waals surface area contributed by atoms with Gasteiger partial charge in [-0.3, -0.25) is 14.8 Å². The first kappa shape index (κ1) is 19.5. The molecule has 144 valence electrons. The van der Waals surface area contributed by atoms with Crippen molar-refractivity contribution in [1.82, 2.24) is 15.3 Å². The standard InChI is InChI=1S/C20H15F4N3O/c1-12-4-9-16(26-11-12)19(28)27-17(18-15(21)3-2-10-25-18)13-5-7-14(8-6-13)20(22,23)24/h2-11,17H,1H3,(H,27,28). The van der Waals surface area contributed by atoms with Crippen molar-refractivity contribution in [3.63, 3.8) is 0 Å². The van der Waals surface area contributed by atoms with E-state index in [1.54, 1.807) is 6.07 Å².